The number of aromatic nitrogens is 2. The number of nitrogens with zero attached hydrogens (tertiary/aromatic N) is 1. The number of carboxylic acid groups (broad SMARTS) is 2. The molecule has 11 atom stereocenters. The maximum atomic E-state index is 14.1. The normalized spacial score (nSPS) is 14.9. The predicted molar refractivity (Wildman–Crippen MR) is 299 cm³/mol. The van der Waals surface area contributed by atoms with Gasteiger partial charge in [-0.2, -0.15) is 0 Å². The van der Waals surface area contributed by atoms with Crippen LogP contribution < -0.4 is 59.3 Å². The number of imidazole rings is 1. The Morgan fingerprint density at radius 1 is 0.529 bits per heavy atom. The lowest BCUT2D eigenvalue weighted by atomic mass is 10.00. The number of aliphatic carboxylic acids is 2. The van der Waals surface area contributed by atoms with Crippen LogP contribution in [0.15, 0.2) is 97.5 Å². The van der Waals surface area contributed by atoms with E-state index in [0.29, 0.717) is 16.8 Å². The number of carboxylic acids is 2. The van der Waals surface area contributed by atoms with Gasteiger partial charge in [0.1, 0.15) is 48.3 Å². The molecule has 0 bridgehead atoms. The van der Waals surface area contributed by atoms with Crippen LogP contribution in [-0.2, 0) is 76.8 Å². The molecule has 1 heterocycles. The number of nitrogens with two attached hydrogens (primary N) is 2. The Hall–Kier alpha value is -9.65. The fourth-order valence-electron chi connectivity index (χ4n) is 8.15. The van der Waals surface area contributed by atoms with E-state index in [1.165, 1.54) is 19.4 Å². The van der Waals surface area contributed by atoms with E-state index in [2.05, 4.69) is 57.8 Å². The summed E-state index contributed by atoms with van der Waals surface area (Å²) in [4.78, 5) is 163. The molecule has 0 spiro atoms. The lowest BCUT2D eigenvalue weighted by molar-refractivity contribution is -0.142. The van der Waals surface area contributed by atoms with E-state index in [-0.39, 0.29) is 19.3 Å². The summed E-state index contributed by atoms with van der Waals surface area (Å²) in [5.41, 5.74) is 14.8. The monoisotopic (exact) mass is 1190 g/mol. The number of aliphatic hydroxyl groups excluding tert-OH is 3. The van der Waals surface area contributed by atoms with E-state index in [9.17, 15) is 83.1 Å². The maximum Gasteiger partial charge on any atom is 0.305 e. The Bertz CT molecular complexity index is 2950. The minimum absolute atomic E-state index is 0.0443. The zero-order chi connectivity index (χ0) is 62.9. The van der Waals surface area contributed by atoms with E-state index in [1.807, 2.05) is 30.3 Å². The highest BCUT2D eigenvalue weighted by atomic mass is 16.4. The number of aliphatic hydroxyl groups is 3. The Balaban J connectivity index is 1.41. The highest BCUT2D eigenvalue weighted by Gasteiger charge is 2.37. The van der Waals surface area contributed by atoms with Crippen molar-refractivity contribution in [2.45, 2.75) is 126 Å². The van der Waals surface area contributed by atoms with Gasteiger partial charge in [-0.15, -0.1) is 0 Å². The lowest BCUT2D eigenvalue weighted by Crippen LogP contribution is -2.63. The molecule has 1 aromatic heterocycles. The smallest absolute Gasteiger partial charge is 0.305 e. The number of nitrogens with one attached hydrogen (secondary N) is 10. The molecule has 0 aliphatic heterocycles. The zero-order valence-corrected chi connectivity index (χ0v) is 46.5. The van der Waals surface area contributed by atoms with E-state index in [1.54, 1.807) is 54.6 Å². The molecule has 4 rings (SSSR count). The summed E-state index contributed by atoms with van der Waals surface area (Å²) < 4.78 is 0. The zero-order valence-electron chi connectivity index (χ0n) is 46.5. The number of hydrogen-bond donors (Lipinski definition) is 17. The summed E-state index contributed by atoms with van der Waals surface area (Å²) in [7, 11) is 0. The number of rotatable bonds is 34. The van der Waals surface area contributed by atoms with Gasteiger partial charge in [0.05, 0.1) is 44.1 Å². The van der Waals surface area contributed by atoms with Gasteiger partial charge in [0.2, 0.25) is 59.1 Å². The van der Waals surface area contributed by atoms with Gasteiger partial charge in [-0.3, -0.25) is 57.5 Å². The predicted octanol–water partition coefficient (Wildman–Crippen LogP) is -4.97. The molecule has 3 aromatic carbocycles. The summed E-state index contributed by atoms with van der Waals surface area (Å²) in [6, 6.07) is 9.54. The van der Waals surface area contributed by atoms with Crippen LogP contribution in [0.4, 0.5) is 0 Å². The summed E-state index contributed by atoms with van der Waals surface area (Å²) in [5, 5.41) is 71.0. The molecule has 0 aliphatic rings. The molecule has 0 radical (unpaired) electrons. The molecule has 0 unspecified atom stereocenters. The second-order valence-corrected chi connectivity index (χ2v) is 19.7. The van der Waals surface area contributed by atoms with Crippen molar-refractivity contribution in [1.29, 1.82) is 0 Å². The van der Waals surface area contributed by atoms with Gasteiger partial charge in [-0.25, -0.2) is 4.98 Å². The Morgan fingerprint density at radius 3 is 1.59 bits per heavy atom. The molecule has 30 heteroatoms. The van der Waals surface area contributed by atoms with Crippen LogP contribution in [0.3, 0.4) is 0 Å². The van der Waals surface area contributed by atoms with E-state index in [0.717, 1.165) is 25.0 Å². The van der Waals surface area contributed by atoms with Gasteiger partial charge in [0.15, 0.2) is 0 Å². The Kier molecular flexibility index (Phi) is 26.7. The van der Waals surface area contributed by atoms with E-state index >= 15 is 0 Å². The van der Waals surface area contributed by atoms with Crippen LogP contribution in [0.25, 0.3) is 11.1 Å². The van der Waals surface area contributed by atoms with Gasteiger partial charge in [-0.1, -0.05) is 84.9 Å². The van der Waals surface area contributed by atoms with E-state index in [4.69, 9.17) is 11.5 Å². The molecular formula is C55H71N13O17. The number of carbonyl (C=O) groups is 12. The fraction of sp³-hybridized carbons (Fsp3) is 0.400. The first-order valence-electron chi connectivity index (χ1n) is 26.6. The van der Waals surface area contributed by atoms with Crippen molar-refractivity contribution in [3.63, 3.8) is 0 Å². The van der Waals surface area contributed by atoms with Crippen LogP contribution in [0, 0.1) is 0 Å². The molecular weight excluding hydrogens is 1110 g/mol. The minimum Gasteiger partial charge on any atom is -0.481 e. The number of H-pyrrole nitrogens is 1. The van der Waals surface area contributed by atoms with Gasteiger partial charge in [0.25, 0.3) is 0 Å². The molecule has 0 saturated heterocycles. The topological polar surface area (TPSA) is 495 Å². The van der Waals surface area contributed by atoms with Gasteiger partial charge in [0, 0.05) is 37.6 Å². The second kappa shape index (κ2) is 33.5. The van der Waals surface area contributed by atoms with E-state index < -0.39 is 170 Å². The number of benzene rings is 3. The largest absolute Gasteiger partial charge is 0.481 e. The van der Waals surface area contributed by atoms with Crippen molar-refractivity contribution >= 4 is 71.0 Å². The van der Waals surface area contributed by atoms with Crippen LogP contribution in [0.2, 0.25) is 0 Å². The maximum absolute atomic E-state index is 14.1. The SMILES string of the molecule is C[C@H](NC(=O)[C@@H](N)Cc1cnc[nH]1)C(=O)N[C@@H](CCC(=O)O)C(=O)NCC(=O)N[C@H](C(=O)N[C@@H](Cc1ccccc1)C(=O)N[C@H](C(=O)N[C@@H](CO)C(=O)N[C@@H](CC(=O)O)C(=O)N[C@@H](Cc1ccc(-c2ccccc2)cc1)C(N)=O)[C@@H](C)O)[C@@H](C)O. The minimum atomic E-state index is -1.97. The molecule has 0 fully saturated rings. The molecule has 10 amide bonds. The second-order valence-electron chi connectivity index (χ2n) is 19.7. The highest BCUT2D eigenvalue weighted by Crippen LogP contribution is 2.20. The third-order valence-electron chi connectivity index (χ3n) is 12.8. The Morgan fingerprint density at radius 2 is 1.04 bits per heavy atom. The Labute approximate surface area is 486 Å². The number of hydrogen-bond acceptors (Lipinski definition) is 17. The van der Waals surface area contributed by atoms with Crippen LogP contribution in [0.5, 0.6) is 0 Å². The summed E-state index contributed by atoms with van der Waals surface area (Å²) >= 11 is 0. The first kappa shape index (κ1) is 67.9. The van der Waals surface area contributed by atoms with Crippen molar-refractivity contribution in [2.75, 3.05) is 13.2 Å². The molecule has 30 nitrogen and oxygen atoms in total. The molecule has 4 aromatic rings. The number of aromatic amines is 1. The third kappa shape index (κ3) is 22.6. The van der Waals surface area contributed by atoms with Crippen molar-refractivity contribution in [3.8, 4) is 11.1 Å². The van der Waals surface area contributed by atoms with Crippen LogP contribution >= 0.6 is 0 Å². The number of primary amides is 1. The quantitative estimate of drug-likeness (QED) is 0.0208. The number of amides is 10. The molecule has 0 saturated carbocycles. The first-order chi connectivity index (χ1) is 40.3. The van der Waals surface area contributed by atoms with Crippen molar-refractivity contribution in [2.24, 2.45) is 11.5 Å². The average molecular weight is 1190 g/mol. The molecule has 19 N–H and O–H groups in total. The summed E-state index contributed by atoms with van der Waals surface area (Å²) in [6.07, 6.45) is -3.20. The van der Waals surface area contributed by atoms with Crippen LogP contribution in [0.1, 0.15) is 56.9 Å². The standard InChI is InChI=1S/C55H71N13O17/c1-28(61-49(79)36(56)22-35-24-58-27-60-35)48(78)62-37(18-19-43(73)74)50(80)59-25-42(72)67-45(29(2)70)54(84)65-39(21-31-10-6-4-7-11-31)52(82)68-46(30(3)71)55(85)66-41(26-69)53(83)64-40(23-44(75)76)51(81)63-38(47(57)77)20-32-14-16-34(17-15-32)33-12-8-5-9-13-33/h4-17,24,27-30,36-41,45-46,69-71H,18-23,25-26,56H2,1-3H3,(H2,57,77)(H,58,60)(H,59,80)(H,61,79)(H,62,78)(H,63,81)(H,64,83)(H,65,84)(H,66,85)(H,67,72)(H,68,82)(H,73,74)(H,75,76)/t28-,29+,30+,36-,37-,38-,39-,40-,41-,45-,46-/m0/s1. The van der Waals surface area contributed by atoms with Gasteiger partial charge >= 0.3 is 11.9 Å². The first-order valence-corrected chi connectivity index (χ1v) is 26.6. The fourth-order valence-corrected chi connectivity index (χ4v) is 8.15. The van der Waals surface area contributed by atoms with Gasteiger partial charge in [-0.05, 0) is 49.4 Å². The lowest BCUT2D eigenvalue weighted by Gasteiger charge is -2.28. The average Bonchev–Trinajstić information content (AvgIpc) is 4.17. The summed E-state index contributed by atoms with van der Waals surface area (Å²) in [6.45, 7) is 1.34. The molecule has 85 heavy (non-hydrogen) atoms. The van der Waals surface area contributed by atoms with Crippen molar-refractivity contribution < 1.29 is 83.1 Å². The third-order valence-corrected chi connectivity index (χ3v) is 12.8. The van der Waals surface area contributed by atoms with Crippen molar-refractivity contribution in [1.82, 2.24) is 57.8 Å². The highest BCUT2D eigenvalue weighted by molar-refractivity contribution is 5.99. The van der Waals surface area contributed by atoms with Crippen LogP contribution in [-0.4, -0.2) is 186 Å². The van der Waals surface area contributed by atoms with Gasteiger partial charge < -0.3 is 89.8 Å². The summed E-state index contributed by atoms with van der Waals surface area (Å²) in [5.74, 6) is -13.9. The number of carbonyl (C=O) groups excluding carboxylic acids is 10. The van der Waals surface area contributed by atoms with Crippen molar-refractivity contribution in [3.05, 3.63) is 114 Å². The molecule has 458 valence electrons. The molecule has 0 aliphatic carbocycles.